The molecule has 0 aliphatic carbocycles. The van der Waals surface area contributed by atoms with Gasteiger partial charge in [-0.2, -0.15) is 0 Å². The Morgan fingerprint density at radius 2 is 1.86 bits per heavy atom. The number of rotatable bonds is 10. The molecular formula is C11H25NO2. The molecule has 0 aliphatic rings. The van der Waals surface area contributed by atoms with E-state index in [4.69, 9.17) is 9.84 Å². The van der Waals surface area contributed by atoms with E-state index >= 15 is 0 Å². The summed E-state index contributed by atoms with van der Waals surface area (Å²) >= 11 is 0. The van der Waals surface area contributed by atoms with Gasteiger partial charge in [-0.25, -0.2) is 0 Å². The molecule has 0 aromatic carbocycles. The van der Waals surface area contributed by atoms with Crippen LogP contribution in [0.1, 0.15) is 32.6 Å². The second kappa shape index (κ2) is 11.0. The summed E-state index contributed by atoms with van der Waals surface area (Å²) in [7, 11) is 2.13. The molecule has 86 valence electrons. The Morgan fingerprint density at radius 3 is 2.50 bits per heavy atom. The van der Waals surface area contributed by atoms with Crippen molar-refractivity contribution in [1.82, 2.24) is 4.90 Å². The Hall–Kier alpha value is -0.120. The van der Waals surface area contributed by atoms with E-state index in [1.807, 2.05) is 0 Å². The fourth-order valence-corrected chi connectivity index (χ4v) is 1.18. The zero-order valence-electron chi connectivity index (χ0n) is 9.67. The lowest BCUT2D eigenvalue weighted by Crippen LogP contribution is -2.24. The molecule has 0 saturated heterocycles. The predicted molar refractivity (Wildman–Crippen MR) is 59.5 cm³/mol. The maximum Gasteiger partial charge on any atom is 0.0593 e. The highest BCUT2D eigenvalue weighted by atomic mass is 16.5. The topological polar surface area (TPSA) is 32.7 Å². The molecule has 14 heavy (non-hydrogen) atoms. The molecule has 0 spiro atoms. The fourth-order valence-electron chi connectivity index (χ4n) is 1.18. The van der Waals surface area contributed by atoms with Gasteiger partial charge in [-0.1, -0.05) is 13.3 Å². The van der Waals surface area contributed by atoms with Gasteiger partial charge in [0.1, 0.15) is 0 Å². The lowest BCUT2D eigenvalue weighted by Gasteiger charge is -2.15. The van der Waals surface area contributed by atoms with E-state index in [0.29, 0.717) is 0 Å². The Kier molecular flexibility index (Phi) is 10.9. The van der Waals surface area contributed by atoms with Crippen LogP contribution in [0.4, 0.5) is 0 Å². The van der Waals surface area contributed by atoms with Crippen molar-refractivity contribution in [2.75, 3.05) is 40.0 Å². The molecule has 0 aromatic rings. The summed E-state index contributed by atoms with van der Waals surface area (Å²) in [5.41, 5.74) is 0. The first-order valence-electron chi connectivity index (χ1n) is 5.68. The van der Waals surface area contributed by atoms with Gasteiger partial charge >= 0.3 is 0 Å². The highest BCUT2D eigenvalue weighted by Crippen LogP contribution is 1.92. The zero-order valence-corrected chi connectivity index (χ0v) is 9.67. The molecule has 0 saturated carbocycles. The van der Waals surface area contributed by atoms with Gasteiger partial charge in [-0.05, 0) is 32.9 Å². The highest BCUT2D eigenvalue weighted by molar-refractivity contribution is 4.49. The number of hydrogen-bond donors (Lipinski definition) is 1. The number of nitrogens with zero attached hydrogens (tertiary/aromatic N) is 1. The van der Waals surface area contributed by atoms with Crippen LogP contribution in [0.5, 0.6) is 0 Å². The van der Waals surface area contributed by atoms with E-state index in [1.165, 1.54) is 12.8 Å². The molecule has 0 heterocycles. The SMILES string of the molecule is CCCCN(C)CCOCCCCO. The molecule has 0 aromatic heterocycles. The van der Waals surface area contributed by atoms with Crippen LogP contribution >= 0.6 is 0 Å². The van der Waals surface area contributed by atoms with Crippen LogP contribution in [0.25, 0.3) is 0 Å². The third-order valence-electron chi connectivity index (χ3n) is 2.21. The van der Waals surface area contributed by atoms with Crippen LogP contribution in [-0.4, -0.2) is 50.0 Å². The molecule has 0 atom stereocenters. The van der Waals surface area contributed by atoms with Crippen LogP contribution in [0.3, 0.4) is 0 Å². The van der Waals surface area contributed by atoms with Gasteiger partial charge in [-0.3, -0.25) is 0 Å². The average molecular weight is 203 g/mol. The highest BCUT2D eigenvalue weighted by Gasteiger charge is 1.96. The van der Waals surface area contributed by atoms with Crippen molar-refractivity contribution < 1.29 is 9.84 Å². The summed E-state index contributed by atoms with van der Waals surface area (Å²) < 4.78 is 5.43. The van der Waals surface area contributed by atoms with Crippen LogP contribution in [0, 0.1) is 0 Å². The van der Waals surface area contributed by atoms with Crippen LogP contribution in [0.15, 0.2) is 0 Å². The summed E-state index contributed by atoms with van der Waals surface area (Å²) in [4.78, 5) is 2.30. The predicted octanol–water partition coefficient (Wildman–Crippen LogP) is 1.51. The number of likely N-dealkylation sites (N-methyl/N-ethyl adjacent to an activating group) is 1. The van der Waals surface area contributed by atoms with Crippen LogP contribution in [-0.2, 0) is 4.74 Å². The molecule has 0 bridgehead atoms. The van der Waals surface area contributed by atoms with Crippen molar-refractivity contribution in [3.63, 3.8) is 0 Å². The number of aliphatic hydroxyl groups is 1. The van der Waals surface area contributed by atoms with Crippen LogP contribution in [0.2, 0.25) is 0 Å². The second-order valence-corrected chi connectivity index (χ2v) is 3.70. The van der Waals surface area contributed by atoms with Gasteiger partial charge in [0.05, 0.1) is 6.61 Å². The molecule has 0 fully saturated rings. The molecule has 0 aliphatic heterocycles. The minimum absolute atomic E-state index is 0.278. The van der Waals surface area contributed by atoms with E-state index in [2.05, 4.69) is 18.9 Å². The molecule has 3 heteroatoms. The molecule has 3 nitrogen and oxygen atoms in total. The quantitative estimate of drug-likeness (QED) is 0.546. The van der Waals surface area contributed by atoms with Gasteiger partial charge in [0, 0.05) is 19.8 Å². The van der Waals surface area contributed by atoms with E-state index in [0.717, 1.165) is 39.1 Å². The van der Waals surface area contributed by atoms with E-state index in [-0.39, 0.29) is 6.61 Å². The van der Waals surface area contributed by atoms with Gasteiger partial charge in [-0.15, -0.1) is 0 Å². The average Bonchev–Trinajstić information content (AvgIpc) is 2.20. The largest absolute Gasteiger partial charge is 0.396 e. The summed E-state index contributed by atoms with van der Waals surface area (Å²) in [5.74, 6) is 0. The monoisotopic (exact) mass is 203 g/mol. The van der Waals surface area contributed by atoms with Gasteiger partial charge in [0.15, 0.2) is 0 Å². The normalized spacial score (nSPS) is 11.1. The van der Waals surface area contributed by atoms with E-state index < -0.39 is 0 Å². The molecule has 0 rings (SSSR count). The van der Waals surface area contributed by atoms with Crippen molar-refractivity contribution in [2.45, 2.75) is 32.6 Å². The van der Waals surface area contributed by atoms with Crippen molar-refractivity contribution in [3.05, 3.63) is 0 Å². The third kappa shape index (κ3) is 9.96. The summed E-state index contributed by atoms with van der Waals surface area (Å²) in [5, 5.41) is 8.54. The number of ether oxygens (including phenoxy) is 1. The molecule has 1 N–H and O–H groups in total. The summed E-state index contributed by atoms with van der Waals surface area (Å²) in [6, 6.07) is 0. The Morgan fingerprint density at radius 1 is 1.07 bits per heavy atom. The lowest BCUT2D eigenvalue weighted by atomic mass is 10.3. The maximum absolute atomic E-state index is 8.54. The van der Waals surface area contributed by atoms with Crippen molar-refractivity contribution in [3.8, 4) is 0 Å². The first-order valence-corrected chi connectivity index (χ1v) is 5.68. The smallest absolute Gasteiger partial charge is 0.0593 e. The standard InChI is InChI=1S/C11H25NO2/c1-3-4-7-12(2)8-11-14-10-6-5-9-13/h13H,3-11H2,1-2H3. The third-order valence-corrected chi connectivity index (χ3v) is 2.21. The van der Waals surface area contributed by atoms with Gasteiger partial charge in [0.25, 0.3) is 0 Å². The molecule has 0 unspecified atom stereocenters. The Labute approximate surface area is 88.1 Å². The zero-order chi connectivity index (χ0) is 10.6. The summed E-state index contributed by atoms with van der Waals surface area (Å²) in [6.07, 6.45) is 4.34. The Bertz CT molecular complexity index is 109. The fraction of sp³-hybridized carbons (Fsp3) is 1.00. The van der Waals surface area contributed by atoms with Crippen molar-refractivity contribution in [1.29, 1.82) is 0 Å². The number of hydrogen-bond acceptors (Lipinski definition) is 3. The van der Waals surface area contributed by atoms with Crippen molar-refractivity contribution >= 4 is 0 Å². The minimum Gasteiger partial charge on any atom is -0.396 e. The lowest BCUT2D eigenvalue weighted by molar-refractivity contribution is 0.104. The van der Waals surface area contributed by atoms with Crippen LogP contribution < -0.4 is 0 Å². The van der Waals surface area contributed by atoms with E-state index in [9.17, 15) is 0 Å². The first-order chi connectivity index (χ1) is 6.81. The first kappa shape index (κ1) is 13.9. The Balaban J connectivity index is 3.02. The van der Waals surface area contributed by atoms with Gasteiger partial charge < -0.3 is 14.7 Å². The molecule has 0 amide bonds. The molecular weight excluding hydrogens is 178 g/mol. The summed E-state index contributed by atoms with van der Waals surface area (Å²) in [6.45, 7) is 6.25. The van der Waals surface area contributed by atoms with E-state index in [1.54, 1.807) is 0 Å². The van der Waals surface area contributed by atoms with Gasteiger partial charge in [0.2, 0.25) is 0 Å². The molecule has 0 radical (unpaired) electrons. The van der Waals surface area contributed by atoms with Crippen molar-refractivity contribution in [2.24, 2.45) is 0 Å². The number of unbranched alkanes of at least 4 members (excludes halogenated alkanes) is 2. The second-order valence-electron chi connectivity index (χ2n) is 3.70. The maximum atomic E-state index is 8.54. The number of aliphatic hydroxyl groups excluding tert-OH is 1. The minimum atomic E-state index is 0.278.